The van der Waals surface area contributed by atoms with Crippen LogP contribution in [0.25, 0.3) is 11.0 Å². The third kappa shape index (κ3) is 2.14. The van der Waals surface area contributed by atoms with Gasteiger partial charge in [-0.05, 0) is 43.0 Å². The fraction of sp³-hybridized carbons (Fsp3) is 0.400. The molecule has 0 bridgehead atoms. The molecule has 0 radical (unpaired) electrons. The minimum Gasteiger partial charge on any atom is -0.396 e. The van der Waals surface area contributed by atoms with E-state index in [1.165, 1.54) is 0 Å². The van der Waals surface area contributed by atoms with Crippen molar-refractivity contribution in [1.29, 1.82) is 0 Å². The van der Waals surface area contributed by atoms with Gasteiger partial charge in [-0.3, -0.25) is 0 Å². The molecule has 1 aromatic heterocycles. The molecule has 6 nitrogen and oxygen atoms in total. The summed E-state index contributed by atoms with van der Waals surface area (Å²) in [6.45, 7) is 4.84. The highest BCUT2D eigenvalue weighted by atomic mass is 79.9. The molecule has 2 aromatic rings. The van der Waals surface area contributed by atoms with E-state index in [2.05, 4.69) is 61.1 Å². The maximum Gasteiger partial charge on any atom is 0.148 e. The van der Waals surface area contributed by atoms with E-state index in [4.69, 9.17) is 5.73 Å². The molecular weight excluding hydrogens is 366 g/mol. The number of rotatable bonds is 3. The molecule has 0 spiro atoms. The van der Waals surface area contributed by atoms with Gasteiger partial charge in [0.1, 0.15) is 16.7 Å². The molecule has 96 valence electrons. The van der Waals surface area contributed by atoms with E-state index in [1.807, 2.05) is 0 Å². The number of aromatic nitrogens is 3. The van der Waals surface area contributed by atoms with Crippen LogP contribution in [0.4, 0.5) is 11.4 Å². The monoisotopic (exact) mass is 375 g/mol. The Morgan fingerprint density at radius 3 is 2.33 bits per heavy atom. The minimum atomic E-state index is 0.144. The highest BCUT2D eigenvalue weighted by Crippen LogP contribution is 2.42. The van der Waals surface area contributed by atoms with Crippen molar-refractivity contribution in [1.82, 2.24) is 15.0 Å². The van der Waals surface area contributed by atoms with Crippen LogP contribution in [0.5, 0.6) is 0 Å². The van der Waals surface area contributed by atoms with Crippen molar-refractivity contribution in [3.05, 3.63) is 13.9 Å². The molecule has 0 aliphatic heterocycles. The molecule has 2 rings (SSSR count). The van der Waals surface area contributed by atoms with Gasteiger partial charge in [0.05, 0.1) is 21.2 Å². The van der Waals surface area contributed by atoms with Crippen molar-refractivity contribution in [2.75, 3.05) is 5.73 Å². The van der Waals surface area contributed by atoms with Crippen LogP contribution in [-0.4, -0.2) is 15.0 Å². The van der Waals surface area contributed by atoms with Gasteiger partial charge in [-0.25, -0.2) is 0 Å². The lowest BCUT2D eigenvalue weighted by Gasteiger charge is -2.02. The number of nitrogen functional groups attached to an aromatic ring is 1. The van der Waals surface area contributed by atoms with E-state index in [9.17, 15) is 4.91 Å². The summed E-state index contributed by atoms with van der Waals surface area (Å²) in [6, 6.07) is 0. The van der Waals surface area contributed by atoms with Gasteiger partial charge in [0.15, 0.2) is 0 Å². The van der Waals surface area contributed by atoms with Gasteiger partial charge in [0.25, 0.3) is 0 Å². The second kappa shape index (κ2) is 4.93. The fourth-order valence-corrected chi connectivity index (χ4v) is 2.61. The molecule has 1 heterocycles. The zero-order valence-electron chi connectivity index (χ0n) is 9.81. The van der Waals surface area contributed by atoms with Crippen LogP contribution < -0.4 is 5.73 Å². The maximum atomic E-state index is 10.8. The number of hydrogen-bond donors (Lipinski definition) is 1. The average molecular weight is 377 g/mol. The van der Waals surface area contributed by atoms with Crippen LogP contribution in [-0.2, 0) is 6.54 Å². The summed E-state index contributed by atoms with van der Waals surface area (Å²) >= 11 is 6.62. The van der Waals surface area contributed by atoms with Crippen molar-refractivity contribution >= 4 is 54.3 Å². The topological polar surface area (TPSA) is 86.2 Å². The Morgan fingerprint density at radius 1 is 1.28 bits per heavy atom. The van der Waals surface area contributed by atoms with E-state index in [0.717, 1.165) is 0 Å². The summed E-state index contributed by atoms with van der Waals surface area (Å²) in [5.74, 6) is 0.422. The lowest BCUT2D eigenvalue weighted by Crippen LogP contribution is -2.07. The Morgan fingerprint density at radius 2 is 1.83 bits per heavy atom. The number of nitrogens with zero attached hydrogens (tertiary/aromatic N) is 4. The van der Waals surface area contributed by atoms with Gasteiger partial charge in [0.2, 0.25) is 0 Å². The first-order valence-corrected chi connectivity index (χ1v) is 6.89. The fourth-order valence-electron chi connectivity index (χ4n) is 1.60. The van der Waals surface area contributed by atoms with Crippen molar-refractivity contribution in [3.63, 3.8) is 0 Å². The molecule has 2 N–H and O–H groups in total. The maximum absolute atomic E-state index is 10.8. The molecule has 8 heteroatoms. The minimum absolute atomic E-state index is 0.144. The first kappa shape index (κ1) is 13.4. The third-order valence-corrected chi connectivity index (χ3v) is 3.94. The van der Waals surface area contributed by atoms with Gasteiger partial charge in [-0.1, -0.05) is 13.8 Å². The summed E-state index contributed by atoms with van der Waals surface area (Å²) in [7, 11) is 0. The zero-order chi connectivity index (χ0) is 13.4. The van der Waals surface area contributed by atoms with Crippen molar-refractivity contribution in [2.45, 2.75) is 20.4 Å². The van der Waals surface area contributed by atoms with E-state index >= 15 is 0 Å². The Bertz CT molecular complexity index is 622. The van der Waals surface area contributed by atoms with Crippen LogP contribution in [0.1, 0.15) is 13.8 Å². The molecule has 1 aromatic carbocycles. The normalized spacial score (nSPS) is 11.4. The van der Waals surface area contributed by atoms with Crippen LogP contribution >= 0.6 is 31.9 Å². The molecule has 0 aliphatic rings. The summed E-state index contributed by atoms with van der Waals surface area (Å²) in [6.07, 6.45) is 0. The molecule has 0 unspecified atom stereocenters. The molecule has 18 heavy (non-hydrogen) atoms. The Kier molecular flexibility index (Phi) is 3.67. The van der Waals surface area contributed by atoms with Crippen molar-refractivity contribution in [3.8, 4) is 0 Å². The van der Waals surface area contributed by atoms with Crippen LogP contribution in [0.2, 0.25) is 0 Å². The Balaban J connectivity index is 2.72. The van der Waals surface area contributed by atoms with Gasteiger partial charge in [0, 0.05) is 0 Å². The second-order valence-electron chi connectivity index (χ2n) is 4.33. The third-order valence-electron chi connectivity index (χ3n) is 2.39. The van der Waals surface area contributed by atoms with Gasteiger partial charge in [-0.2, -0.15) is 15.0 Å². The predicted octanol–water partition coefficient (Wildman–Crippen LogP) is 3.59. The van der Waals surface area contributed by atoms with Gasteiger partial charge in [-0.15, -0.1) is 4.91 Å². The number of anilines is 1. The number of fused-ring (bicyclic) bond motifs is 1. The molecule has 0 saturated heterocycles. The van der Waals surface area contributed by atoms with Crippen molar-refractivity contribution < 1.29 is 0 Å². The summed E-state index contributed by atoms with van der Waals surface area (Å²) in [5, 5.41) is 11.6. The Hall–Kier alpha value is -1.02. The highest BCUT2D eigenvalue weighted by molar-refractivity contribution is 9.11. The summed E-state index contributed by atoms with van der Waals surface area (Å²) in [5.41, 5.74) is 7.43. The lowest BCUT2D eigenvalue weighted by atomic mass is 10.2. The molecule has 0 saturated carbocycles. The van der Waals surface area contributed by atoms with E-state index in [0.29, 0.717) is 32.4 Å². The van der Waals surface area contributed by atoms with Crippen molar-refractivity contribution in [2.24, 2.45) is 11.1 Å². The van der Waals surface area contributed by atoms with E-state index < -0.39 is 0 Å². The lowest BCUT2D eigenvalue weighted by molar-refractivity contribution is 0.442. The molecular formula is C10H11Br2N5O. The van der Waals surface area contributed by atoms with Crippen LogP contribution in [0, 0.1) is 10.8 Å². The van der Waals surface area contributed by atoms with E-state index in [-0.39, 0.29) is 11.4 Å². The largest absolute Gasteiger partial charge is 0.396 e. The van der Waals surface area contributed by atoms with Gasteiger partial charge < -0.3 is 5.73 Å². The first-order valence-electron chi connectivity index (χ1n) is 5.30. The van der Waals surface area contributed by atoms with Gasteiger partial charge >= 0.3 is 0 Å². The smallest absolute Gasteiger partial charge is 0.148 e. The first-order chi connectivity index (χ1) is 8.45. The standard InChI is InChI=1S/C10H11Br2N5O/c1-4(2)3-17-14-9-5(11)7(13)8(16-18)6(12)10(9)15-17/h4H,3,13H2,1-2H3. The number of benzene rings is 1. The number of hydrogen-bond acceptors (Lipinski definition) is 5. The molecule has 0 fully saturated rings. The summed E-state index contributed by atoms with van der Waals surface area (Å²) < 4.78 is 1.02. The molecule has 0 amide bonds. The Labute approximate surface area is 120 Å². The molecule has 0 atom stereocenters. The summed E-state index contributed by atoms with van der Waals surface area (Å²) in [4.78, 5) is 12.4. The number of halogens is 2. The highest BCUT2D eigenvalue weighted by Gasteiger charge is 2.20. The van der Waals surface area contributed by atoms with E-state index in [1.54, 1.807) is 4.80 Å². The second-order valence-corrected chi connectivity index (χ2v) is 5.91. The van der Waals surface area contributed by atoms with Crippen LogP contribution in [0.15, 0.2) is 14.1 Å². The SMILES string of the molecule is CC(C)Cn1nc2c(Br)c(N)c(N=O)c(Br)c2n1. The number of nitroso groups, excluding NO2 is 1. The van der Waals surface area contributed by atoms with Crippen LogP contribution in [0.3, 0.4) is 0 Å². The average Bonchev–Trinajstić information content (AvgIpc) is 2.70. The number of nitrogens with two attached hydrogens (primary N) is 1. The zero-order valence-corrected chi connectivity index (χ0v) is 13.0. The molecule has 0 aliphatic carbocycles. The predicted molar refractivity (Wildman–Crippen MR) is 77.6 cm³/mol. The quantitative estimate of drug-likeness (QED) is 0.654.